The molecule has 2 aromatic rings. The van der Waals surface area contributed by atoms with Crippen LogP contribution in [0.2, 0.25) is 0 Å². The van der Waals surface area contributed by atoms with Crippen LogP contribution in [-0.2, 0) is 16.9 Å². The molecule has 10 heteroatoms. The van der Waals surface area contributed by atoms with Crippen molar-refractivity contribution in [3.63, 3.8) is 0 Å². The summed E-state index contributed by atoms with van der Waals surface area (Å²) in [4.78, 5) is 29.8. The van der Waals surface area contributed by atoms with Crippen LogP contribution < -0.4 is 11.1 Å². The summed E-state index contributed by atoms with van der Waals surface area (Å²) >= 11 is 0. The molecule has 4 bridgehead atoms. The number of nitrogens with two attached hydrogens (primary N) is 1. The number of amides is 2. The fourth-order valence-electron chi connectivity index (χ4n) is 7.08. The van der Waals surface area contributed by atoms with Gasteiger partial charge in [-0.25, -0.2) is 4.98 Å². The third-order valence-corrected chi connectivity index (χ3v) is 8.25. The Morgan fingerprint density at radius 1 is 1.18 bits per heavy atom. The van der Waals surface area contributed by atoms with E-state index in [1.807, 2.05) is 6.92 Å². The third kappa shape index (κ3) is 4.35. The minimum absolute atomic E-state index is 0. The number of pyridine rings is 1. The summed E-state index contributed by atoms with van der Waals surface area (Å²) in [6.07, 6.45) is 7.73. The minimum Gasteiger partial charge on any atom is -0.364 e. The van der Waals surface area contributed by atoms with Gasteiger partial charge in [-0.1, -0.05) is 13.5 Å². The average molecular weight is 488 g/mol. The van der Waals surface area contributed by atoms with Gasteiger partial charge in [0.1, 0.15) is 17.0 Å². The number of aromatic nitrogens is 2. The highest BCUT2D eigenvalue weighted by Crippen LogP contribution is 2.59. The molecule has 0 atom stereocenters. The van der Waals surface area contributed by atoms with Crippen molar-refractivity contribution in [1.29, 1.82) is 0 Å². The first kappa shape index (κ1) is 24.4. The van der Waals surface area contributed by atoms with E-state index in [4.69, 9.17) is 5.73 Å². The molecule has 4 aliphatic rings. The zero-order chi connectivity index (χ0) is 23.3. The van der Waals surface area contributed by atoms with Crippen molar-refractivity contribution in [2.75, 3.05) is 13.1 Å². The summed E-state index contributed by atoms with van der Waals surface area (Å²) < 4.78 is 26.8. The molecule has 2 amide bonds. The van der Waals surface area contributed by atoms with E-state index in [0.717, 1.165) is 23.3 Å². The van der Waals surface area contributed by atoms with Gasteiger partial charge in [-0.2, -0.15) is 12.8 Å². The molecule has 4 fully saturated rings. The molecule has 0 saturated heterocycles. The monoisotopic (exact) mass is 487 g/mol. The van der Waals surface area contributed by atoms with Crippen molar-refractivity contribution in [1.82, 2.24) is 14.7 Å². The molecule has 0 radical (unpaired) electrons. The second-order valence-electron chi connectivity index (χ2n) is 10.2. The van der Waals surface area contributed by atoms with E-state index in [2.05, 4.69) is 14.7 Å². The van der Waals surface area contributed by atoms with Gasteiger partial charge in [0.15, 0.2) is 0 Å². The van der Waals surface area contributed by atoms with Crippen molar-refractivity contribution in [2.24, 2.45) is 33.3 Å². The van der Waals surface area contributed by atoms with Gasteiger partial charge in [-0.3, -0.25) is 14.0 Å². The Balaban J connectivity index is 0.00000274. The average Bonchev–Trinajstić information content (AvgIpc) is 3.10. The third-order valence-electron chi connectivity index (χ3n) is 7.86. The van der Waals surface area contributed by atoms with Gasteiger partial charge in [0.25, 0.3) is 11.8 Å². The Labute approximate surface area is 201 Å². The molecule has 2 aromatic heterocycles. The van der Waals surface area contributed by atoms with Crippen LogP contribution in [0.5, 0.6) is 0 Å². The maximum absolute atomic E-state index is 13.5. The number of carbonyl (C=O) groups is 2. The molecule has 4 saturated carbocycles. The van der Waals surface area contributed by atoms with E-state index in [1.165, 1.54) is 38.5 Å². The highest BCUT2D eigenvalue weighted by Gasteiger charge is 2.50. The van der Waals surface area contributed by atoms with Crippen LogP contribution in [0.1, 0.15) is 78.2 Å². The van der Waals surface area contributed by atoms with Crippen LogP contribution >= 0.6 is 0 Å². The normalized spacial score (nSPS) is 26.8. The van der Waals surface area contributed by atoms with E-state index in [1.54, 1.807) is 16.5 Å². The van der Waals surface area contributed by atoms with Crippen LogP contribution in [0.25, 0.3) is 5.65 Å². The Morgan fingerprint density at radius 3 is 2.35 bits per heavy atom. The van der Waals surface area contributed by atoms with E-state index in [9.17, 15) is 18.0 Å². The summed E-state index contributed by atoms with van der Waals surface area (Å²) in [5.41, 5.74) is 7.72. The molecule has 34 heavy (non-hydrogen) atoms. The zero-order valence-electron chi connectivity index (χ0n) is 18.7. The minimum atomic E-state index is -2.56. The first-order valence-corrected chi connectivity index (χ1v) is 12.6. The SMILES string of the molecule is C.Cc1ccc2nc(C(N)=O)c(CCN=S(=O)=O)n2c1C(=O)NCC12CC3CC(CC(C3)C1)C2. The van der Waals surface area contributed by atoms with Gasteiger partial charge in [0.2, 0.25) is 0 Å². The first-order chi connectivity index (χ1) is 15.7. The van der Waals surface area contributed by atoms with Crippen LogP contribution in [0.4, 0.5) is 0 Å². The molecule has 184 valence electrons. The zero-order valence-corrected chi connectivity index (χ0v) is 19.5. The molecule has 0 unspecified atom stereocenters. The molecule has 2 heterocycles. The molecular weight excluding hydrogens is 454 g/mol. The smallest absolute Gasteiger partial charge is 0.311 e. The number of aryl methyl sites for hydroxylation is 1. The Kier molecular flexibility index (Phi) is 6.54. The van der Waals surface area contributed by atoms with E-state index < -0.39 is 16.4 Å². The standard InChI is InChI=1S/C23H29N5O4S.CH4/c1-13-2-3-18-27-19(21(24)29)17(4-5-26-33(31)32)28(18)20(13)22(30)25-12-23-9-14-6-15(10-23)8-16(7-14)11-23;/h2-3,14-16H,4-12H2,1H3,(H2,24,29)(H,25,30);1H4. The first-order valence-electron chi connectivity index (χ1n) is 11.6. The van der Waals surface area contributed by atoms with E-state index in [-0.39, 0.29) is 37.4 Å². The number of primary amides is 1. The summed E-state index contributed by atoms with van der Waals surface area (Å²) in [5, 5.41) is 3.20. The Hall–Kier alpha value is -2.75. The fourth-order valence-corrected chi connectivity index (χ4v) is 7.32. The molecule has 9 nitrogen and oxygen atoms in total. The summed E-state index contributed by atoms with van der Waals surface area (Å²) in [7, 11) is -2.56. The largest absolute Gasteiger partial charge is 0.364 e. The lowest BCUT2D eigenvalue weighted by Crippen LogP contribution is -2.51. The summed E-state index contributed by atoms with van der Waals surface area (Å²) in [6.45, 7) is 2.43. The van der Waals surface area contributed by atoms with Crippen molar-refractivity contribution < 1.29 is 18.0 Å². The van der Waals surface area contributed by atoms with Gasteiger partial charge >= 0.3 is 10.5 Å². The van der Waals surface area contributed by atoms with Crippen molar-refractivity contribution in [3.8, 4) is 0 Å². The molecule has 0 aliphatic heterocycles. The van der Waals surface area contributed by atoms with E-state index in [0.29, 0.717) is 23.6 Å². The fraction of sp³-hybridized carbons (Fsp3) is 0.625. The van der Waals surface area contributed by atoms with Crippen LogP contribution in [0, 0.1) is 30.1 Å². The quantitative estimate of drug-likeness (QED) is 0.619. The lowest BCUT2D eigenvalue weighted by Gasteiger charge is -2.56. The summed E-state index contributed by atoms with van der Waals surface area (Å²) in [6, 6.07) is 3.53. The van der Waals surface area contributed by atoms with Crippen LogP contribution in [-0.4, -0.2) is 42.7 Å². The number of hydrogen-bond acceptors (Lipinski definition) is 6. The Bertz CT molecular complexity index is 1240. The summed E-state index contributed by atoms with van der Waals surface area (Å²) in [5.74, 6) is 1.45. The molecular formula is C24H33N5O4S. The van der Waals surface area contributed by atoms with Gasteiger partial charge in [0, 0.05) is 13.0 Å². The van der Waals surface area contributed by atoms with Gasteiger partial charge in [-0.05, 0) is 80.2 Å². The van der Waals surface area contributed by atoms with Crippen molar-refractivity contribution in [2.45, 2.75) is 59.3 Å². The molecule has 4 aliphatic carbocycles. The molecule has 0 spiro atoms. The van der Waals surface area contributed by atoms with Gasteiger partial charge in [0.05, 0.1) is 12.2 Å². The predicted molar refractivity (Wildman–Crippen MR) is 128 cm³/mol. The maximum atomic E-state index is 13.5. The molecule has 6 rings (SSSR count). The van der Waals surface area contributed by atoms with Crippen LogP contribution in [0.15, 0.2) is 16.5 Å². The molecule has 0 aromatic carbocycles. The highest BCUT2D eigenvalue weighted by molar-refractivity contribution is 7.61. The lowest BCUT2D eigenvalue weighted by molar-refractivity contribution is -0.0503. The van der Waals surface area contributed by atoms with Crippen molar-refractivity contribution in [3.05, 3.63) is 34.8 Å². The number of imidazole rings is 1. The van der Waals surface area contributed by atoms with Gasteiger partial charge < -0.3 is 11.1 Å². The topological polar surface area (TPSA) is 136 Å². The number of fused-ring (bicyclic) bond motifs is 1. The van der Waals surface area contributed by atoms with Gasteiger partial charge in [-0.15, -0.1) is 0 Å². The second kappa shape index (κ2) is 9.13. The number of nitrogens with one attached hydrogen (secondary N) is 1. The van der Waals surface area contributed by atoms with Crippen molar-refractivity contribution >= 4 is 28.0 Å². The predicted octanol–water partition coefficient (Wildman–Crippen LogP) is 2.93. The number of nitrogens with zero attached hydrogens (tertiary/aromatic N) is 3. The number of carbonyl (C=O) groups excluding carboxylic acids is 2. The number of hydrogen-bond donors (Lipinski definition) is 2. The second-order valence-corrected chi connectivity index (χ2v) is 10.9. The Morgan fingerprint density at radius 2 is 1.79 bits per heavy atom. The number of rotatable bonds is 7. The lowest BCUT2D eigenvalue weighted by atomic mass is 9.49. The highest BCUT2D eigenvalue weighted by atomic mass is 32.2. The maximum Gasteiger partial charge on any atom is 0.311 e. The van der Waals surface area contributed by atoms with E-state index >= 15 is 0 Å². The molecule has 3 N–H and O–H groups in total. The van der Waals surface area contributed by atoms with Crippen LogP contribution in [0.3, 0.4) is 0 Å².